The molecule has 1 aromatic heterocycles. The van der Waals surface area contributed by atoms with E-state index in [4.69, 9.17) is 21.1 Å². The van der Waals surface area contributed by atoms with Crippen LogP contribution in [0.4, 0.5) is 4.79 Å². The van der Waals surface area contributed by atoms with Crippen molar-refractivity contribution in [3.63, 3.8) is 0 Å². The number of imide groups is 1. The van der Waals surface area contributed by atoms with Crippen molar-refractivity contribution < 1.29 is 33.4 Å². The second-order valence-electron chi connectivity index (χ2n) is 5.55. The number of carbonyl (C=O) groups excluding carboxylic acids is 3. The van der Waals surface area contributed by atoms with Crippen LogP contribution in [0.5, 0.6) is 0 Å². The Hall–Kier alpha value is -3.04. The zero-order valence-corrected chi connectivity index (χ0v) is 15.9. The number of furan rings is 1. The van der Waals surface area contributed by atoms with E-state index in [1.807, 2.05) is 0 Å². The highest BCUT2D eigenvalue weighted by Crippen LogP contribution is 2.33. The van der Waals surface area contributed by atoms with Gasteiger partial charge in [-0.15, -0.1) is 0 Å². The van der Waals surface area contributed by atoms with Crippen LogP contribution in [-0.4, -0.2) is 46.7 Å². The molecule has 1 aromatic carbocycles. The predicted octanol–water partition coefficient (Wildman–Crippen LogP) is 3.51. The first kappa shape index (κ1) is 19.7. The minimum atomic E-state index is -1.14. The van der Waals surface area contributed by atoms with Gasteiger partial charge in [-0.05, 0) is 36.0 Å². The average molecular weight is 422 g/mol. The summed E-state index contributed by atoms with van der Waals surface area (Å²) in [5.41, 5.74) is 0.518. The van der Waals surface area contributed by atoms with Crippen molar-refractivity contribution in [1.29, 1.82) is 0 Å². The molecule has 0 aliphatic carbocycles. The molecular weight excluding hydrogens is 410 g/mol. The molecule has 1 aliphatic rings. The summed E-state index contributed by atoms with van der Waals surface area (Å²) in [6.45, 7) is -0.462. The van der Waals surface area contributed by atoms with E-state index in [1.165, 1.54) is 18.2 Å². The van der Waals surface area contributed by atoms with Gasteiger partial charge in [0.25, 0.3) is 11.1 Å². The van der Waals surface area contributed by atoms with Crippen molar-refractivity contribution in [2.24, 2.45) is 0 Å². The number of halogens is 1. The third-order valence-electron chi connectivity index (χ3n) is 3.77. The molecule has 2 aromatic rings. The monoisotopic (exact) mass is 421 g/mol. The fraction of sp³-hybridized carbons (Fsp3) is 0.111. The molecule has 3 rings (SSSR count). The largest absolute Gasteiger partial charge is 0.478 e. The maximum Gasteiger partial charge on any atom is 0.337 e. The normalized spacial score (nSPS) is 15.4. The number of esters is 1. The Balaban J connectivity index is 1.82. The summed E-state index contributed by atoms with van der Waals surface area (Å²) in [4.78, 5) is 47.4. The summed E-state index contributed by atoms with van der Waals surface area (Å²) in [7, 11) is 1.16. The summed E-state index contributed by atoms with van der Waals surface area (Å²) in [5.74, 6) is -1.76. The van der Waals surface area contributed by atoms with Crippen LogP contribution in [0.1, 0.15) is 16.1 Å². The van der Waals surface area contributed by atoms with Crippen LogP contribution < -0.4 is 0 Å². The number of benzene rings is 1. The first-order chi connectivity index (χ1) is 13.3. The van der Waals surface area contributed by atoms with Gasteiger partial charge in [0.1, 0.15) is 18.1 Å². The molecule has 10 heteroatoms. The maximum absolute atomic E-state index is 12.3. The predicted molar refractivity (Wildman–Crippen MR) is 101 cm³/mol. The lowest BCUT2D eigenvalue weighted by atomic mass is 10.1. The molecule has 0 spiro atoms. The van der Waals surface area contributed by atoms with Gasteiger partial charge >= 0.3 is 11.9 Å². The van der Waals surface area contributed by atoms with Gasteiger partial charge in [-0.1, -0.05) is 17.7 Å². The Bertz CT molecular complexity index is 1030. The topological polar surface area (TPSA) is 114 Å². The highest BCUT2D eigenvalue weighted by molar-refractivity contribution is 8.18. The number of carboxylic acid groups (broad SMARTS) is 1. The third kappa shape index (κ3) is 3.95. The minimum Gasteiger partial charge on any atom is -0.478 e. The number of carbonyl (C=O) groups is 4. The average Bonchev–Trinajstić information content (AvgIpc) is 3.21. The van der Waals surface area contributed by atoms with Crippen LogP contribution in [-0.2, 0) is 14.3 Å². The Morgan fingerprint density at radius 3 is 2.68 bits per heavy atom. The smallest absolute Gasteiger partial charge is 0.337 e. The number of methoxy groups -OCH3 is 1. The summed E-state index contributed by atoms with van der Waals surface area (Å²) in [6.07, 6.45) is 1.39. The molecule has 1 aliphatic heterocycles. The van der Waals surface area contributed by atoms with E-state index in [9.17, 15) is 19.2 Å². The molecule has 28 heavy (non-hydrogen) atoms. The molecule has 144 valence electrons. The van der Waals surface area contributed by atoms with Crippen molar-refractivity contribution in [1.82, 2.24) is 4.90 Å². The number of thioether (sulfide) groups is 1. The van der Waals surface area contributed by atoms with Crippen molar-refractivity contribution in [2.45, 2.75) is 0 Å². The standard InChI is InChI=1S/C18H12ClNO7S/c1-26-15(21)8-20-16(22)14(28-18(20)25)7-10-3-5-13(27-10)9-2-4-11(17(23)24)12(19)6-9/h2-7H,8H2,1H3,(H,23,24). The van der Waals surface area contributed by atoms with E-state index in [-0.39, 0.29) is 15.5 Å². The van der Waals surface area contributed by atoms with Gasteiger partial charge in [0.2, 0.25) is 0 Å². The molecule has 1 N–H and O–H groups in total. The van der Waals surface area contributed by atoms with Crippen molar-refractivity contribution in [3.8, 4) is 11.3 Å². The maximum atomic E-state index is 12.3. The number of nitrogens with zero attached hydrogens (tertiary/aromatic N) is 1. The number of hydrogen-bond acceptors (Lipinski definition) is 7. The number of carboxylic acids is 1. The fourth-order valence-electron chi connectivity index (χ4n) is 2.39. The van der Waals surface area contributed by atoms with Crippen molar-refractivity contribution >= 4 is 52.5 Å². The number of hydrogen-bond donors (Lipinski definition) is 1. The molecular formula is C18H12ClNO7S. The van der Waals surface area contributed by atoms with Crippen LogP contribution in [0.3, 0.4) is 0 Å². The number of rotatable bonds is 5. The zero-order valence-electron chi connectivity index (χ0n) is 14.3. The molecule has 8 nitrogen and oxygen atoms in total. The Kier molecular flexibility index (Phi) is 5.57. The zero-order chi connectivity index (χ0) is 20.4. The molecule has 0 bridgehead atoms. The van der Waals surface area contributed by atoms with Crippen LogP contribution in [0, 0.1) is 0 Å². The van der Waals surface area contributed by atoms with Gasteiger partial charge in [0.05, 0.1) is 22.6 Å². The first-order valence-electron chi connectivity index (χ1n) is 7.75. The third-order valence-corrected chi connectivity index (χ3v) is 4.99. The lowest BCUT2D eigenvalue weighted by Gasteiger charge is -2.09. The van der Waals surface area contributed by atoms with E-state index in [0.29, 0.717) is 28.8 Å². The Morgan fingerprint density at radius 2 is 2.04 bits per heavy atom. The molecule has 0 radical (unpaired) electrons. The Morgan fingerprint density at radius 1 is 1.29 bits per heavy atom. The van der Waals surface area contributed by atoms with Gasteiger partial charge in [-0.25, -0.2) is 4.79 Å². The molecule has 2 heterocycles. The second kappa shape index (κ2) is 7.91. The summed E-state index contributed by atoms with van der Waals surface area (Å²) < 4.78 is 10.1. The highest BCUT2D eigenvalue weighted by atomic mass is 35.5. The molecule has 0 unspecified atom stereocenters. The number of ether oxygens (including phenoxy) is 1. The van der Waals surface area contributed by atoms with Gasteiger partial charge < -0.3 is 14.3 Å². The quantitative estimate of drug-likeness (QED) is 0.576. The number of amides is 2. The Labute approximate surface area is 167 Å². The lowest BCUT2D eigenvalue weighted by molar-refractivity contribution is -0.143. The first-order valence-corrected chi connectivity index (χ1v) is 8.95. The van der Waals surface area contributed by atoms with Gasteiger partial charge in [-0.2, -0.15) is 0 Å². The molecule has 0 atom stereocenters. The number of aromatic carboxylic acids is 1. The van der Waals surface area contributed by atoms with Crippen LogP contribution in [0.2, 0.25) is 5.02 Å². The molecule has 1 fully saturated rings. The van der Waals surface area contributed by atoms with E-state index in [0.717, 1.165) is 12.0 Å². The SMILES string of the molecule is COC(=O)CN1C(=O)SC(=Cc2ccc(-c3ccc(C(=O)O)c(Cl)c3)o2)C1=O. The fourth-order valence-corrected chi connectivity index (χ4v) is 3.47. The molecule has 0 saturated carbocycles. The van der Waals surface area contributed by atoms with Crippen LogP contribution >= 0.6 is 23.4 Å². The van der Waals surface area contributed by atoms with Gasteiger partial charge in [0.15, 0.2) is 0 Å². The van der Waals surface area contributed by atoms with E-state index >= 15 is 0 Å². The lowest BCUT2D eigenvalue weighted by Crippen LogP contribution is -2.34. The second-order valence-corrected chi connectivity index (χ2v) is 6.95. The minimum absolute atomic E-state index is 0.0310. The van der Waals surface area contributed by atoms with E-state index in [1.54, 1.807) is 18.2 Å². The van der Waals surface area contributed by atoms with E-state index < -0.39 is 29.6 Å². The van der Waals surface area contributed by atoms with Crippen LogP contribution in [0.25, 0.3) is 17.4 Å². The highest BCUT2D eigenvalue weighted by Gasteiger charge is 2.36. The summed E-state index contributed by atoms with van der Waals surface area (Å²) >= 11 is 6.65. The van der Waals surface area contributed by atoms with Crippen molar-refractivity contribution in [3.05, 3.63) is 51.6 Å². The van der Waals surface area contributed by atoms with Gasteiger partial charge in [-0.3, -0.25) is 19.3 Å². The van der Waals surface area contributed by atoms with E-state index in [2.05, 4.69) is 4.74 Å². The summed E-state index contributed by atoms with van der Waals surface area (Å²) in [5, 5.41) is 8.50. The van der Waals surface area contributed by atoms with Crippen LogP contribution in [0.15, 0.2) is 39.7 Å². The summed E-state index contributed by atoms with van der Waals surface area (Å²) in [6, 6.07) is 7.57. The van der Waals surface area contributed by atoms with Crippen molar-refractivity contribution in [2.75, 3.05) is 13.7 Å². The van der Waals surface area contributed by atoms with Gasteiger partial charge in [0, 0.05) is 11.6 Å². The molecule has 1 saturated heterocycles. The molecule has 2 amide bonds.